The number of hydrogen-bond acceptors (Lipinski definition) is 3. The number of rotatable bonds is 8. The molecule has 0 saturated heterocycles. The first-order valence-electron chi connectivity index (χ1n) is 19.5. The van der Waals surface area contributed by atoms with E-state index in [9.17, 15) is 71.1 Å². The molecular weight excluding hydrogens is 1070 g/mol. The number of hydrogen-bond donors (Lipinski definition) is 1. The molecule has 0 amide bonds. The van der Waals surface area contributed by atoms with Gasteiger partial charge in [0.1, 0.15) is 0 Å². The lowest BCUT2D eigenvalue weighted by Crippen LogP contribution is -2.50. The van der Waals surface area contributed by atoms with Crippen molar-refractivity contribution in [1.82, 2.24) is 0 Å². The molecule has 0 heterocycles. The third-order valence-corrected chi connectivity index (χ3v) is 11.9. The van der Waals surface area contributed by atoms with Gasteiger partial charge in [0, 0.05) is 43.3 Å². The lowest BCUT2D eigenvalue weighted by atomic mass is 9.86. The normalized spacial score (nSPS) is 12.6. The Morgan fingerprint density at radius 1 is 0.507 bits per heavy atom. The van der Waals surface area contributed by atoms with Gasteiger partial charge in [0.05, 0.1) is 0 Å². The second-order valence-corrected chi connectivity index (χ2v) is 17.3. The fourth-order valence-corrected chi connectivity index (χ4v) is 7.86. The highest BCUT2D eigenvalue weighted by Gasteiger charge is 2.74. The summed E-state index contributed by atoms with van der Waals surface area (Å²) < 4.78 is 185. The summed E-state index contributed by atoms with van der Waals surface area (Å²) in [6, 6.07) is 23.9. The van der Waals surface area contributed by atoms with Gasteiger partial charge in [-0.25, -0.2) is 8.78 Å². The molecule has 6 rings (SSSR count). The van der Waals surface area contributed by atoms with E-state index in [2.05, 4.69) is 31.9 Å². The summed E-state index contributed by atoms with van der Waals surface area (Å²) in [7, 11) is 0. The molecule has 0 bridgehead atoms. The zero-order valence-corrected chi connectivity index (χ0v) is 39.1. The molecule has 0 aromatic heterocycles. The minimum absolute atomic E-state index is 0.0158. The third kappa shape index (κ3) is 11.8. The Kier molecular flexibility index (Phi) is 16.7. The second kappa shape index (κ2) is 20.5. The van der Waals surface area contributed by atoms with Gasteiger partial charge in [0.15, 0.2) is 5.78 Å². The zero-order chi connectivity index (χ0) is 50.8. The smallest absolute Gasteiger partial charge is 0.398 e. The van der Waals surface area contributed by atoms with Crippen molar-refractivity contribution in [3.05, 3.63) is 156 Å². The number of halogens is 17. The molecule has 0 radical (unpaired) electrons. The van der Waals surface area contributed by atoms with Crippen molar-refractivity contribution in [2.24, 2.45) is 0 Å². The van der Waals surface area contributed by atoms with Gasteiger partial charge in [-0.15, -0.1) is 0 Å². The molecule has 0 fully saturated rings. The monoisotopic (exact) mass is 1110 g/mol. The quantitative estimate of drug-likeness (QED) is 0.0715. The van der Waals surface area contributed by atoms with Crippen molar-refractivity contribution in [1.29, 1.82) is 0 Å². The molecule has 0 aliphatic heterocycles. The Balaban J connectivity index is 0.000000243. The first-order valence-corrected chi connectivity index (χ1v) is 21.5. The summed E-state index contributed by atoms with van der Waals surface area (Å²) in [5.41, 5.74) is -7.16. The first kappa shape index (κ1) is 54.9. The molecule has 360 valence electrons. The topological polar surface area (TPSA) is 60.2 Å². The van der Waals surface area contributed by atoms with Crippen LogP contribution in [0.2, 0.25) is 0 Å². The molecule has 6 aromatic rings. The first-order chi connectivity index (χ1) is 30.7. The van der Waals surface area contributed by atoms with Crippen molar-refractivity contribution >= 4 is 81.7 Å². The number of carbonyl (C=O) groups excluding carboxylic acids is 2. The summed E-state index contributed by atoms with van der Waals surface area (Å²) in [6.45, 7) is 5.51. The Morgan fingerprint density at radius 2 is 0.866 bits per heavy atom. The van der Waals surface area contributed by atoms with Crippen molar-refractivity contribution < 1.29 is 71.1 Å². The molecule has 0 unspecified atom stereocenters. The minimum Gasteiger partial charge on any atom is -0.398 e. The number of fused-ring (bicyclic) bond motifs is 2. The van der Waals surface area contributed by atoms with Crippen LogP contribution in [-0.2, 0) is 30.6 Å². The maximum atomic E-state index is 14.5. The van der Waals surface area contributed by atoms with Gasteiger partial charge in [-0.1, -0.05) is 94.2 Å². The molecule has 0 saturated carbocycles. The zero-order valence-electron chi connectivity index (χ0n) is 35.2. The van der Waals surface area contributed by atoms with Crippen LogP contribution in [0.3, 0.4) is 0 Å². The molecule has 0 spiro atoms. The van der Waals surface area contributed by atoms with Gasteiger partial charge in [0.2, 0.25) is 0 Å². The van der Waals surface area contributed by atoms with Crippen LogP contribution in [0, 0.1) is 13.8 Å². The predicted molar refractivity (Wildman–Crippen MR) is 237 cm³/mol. The van der Waals surface area contributed by atoms with Crippen LogP contribution >= 0.6 is 43.5 Å². The van der Waals surface area contributed by atoms with Crippen molar-refractivity contribution in [2.45, 2.75) is 83.0 Å². The maximum Gasteiger partial charge on any atom is 0.435 e. The van der Waals surface area contributed by atoms with E-state index in [0.29, 0.717) is 35.4 Å². The number of Topliss-reactive ketones (excluding diaryl/α,β-unsaturated/α-hetero) is 1. The van der Waals surface area contributed by atoms with E-state index >= 15 is 0 Å². The highest BCUT2D eigenvalue weighted by molar-refractivity contribution is 9.10. The van der Waals surface area contributed by atoms with Gasteiger partial charge < -0.3 is 5.73 Å². The molecule has 3 nitrogen and oxygen atoms in total. The lowest BCUT2D eigenvalue weighted by Gasteiger charge is -2.31. The lowest BCUT2D eigenvalue weighted by molar-refractivity contribution is -0.349. The van der Waals surface area contributed by atoms with Gasteiger partial charge in [0.25, 0.3) is 5.24 Å². The third-order valence-electron chi connectivity index (χ3n) is 10.6. The molecule has 0 atom stereocenters. The fraction of sp³-hybridized carbons (Fsp3) is 0.277. The van der Waals surface area contributed by atoms with Crippen molar-refractivity contribution in [3.63, 3.8) is 0 Å². The van der Waals surface area contributed by atoms with E-state index < -0.39 is 52.4 Å². The molecule has 20 heteroatoms. The van der Waals surface area contributed by atoms with Crippen molar-refractivity contribution in [3.8, 4) is 0 Å². The van der Waals surface area contributed by atoms with Crippen LogP contribution < -0.4 is 5.73 Å². The van der Waals surface area contributed by atoms with E-state index in [-0.39, 0.29) is 58.6 Å². The summed E-state index contributed by atoms with van der Waals surface area (Å²) >= 11 is 12.1. The fourth-order valence-electron chi connectivity index (χ4n) is 6.99. The van der Waals surface area contributed by atoms with E-state index in [1.165, 1.54) is 27.7 Å². The van der Waals surface area contributed by atoms with Crippen LogP contribution in [0.25, 0.3) is 21.5 Å². The average Bonchev–Trinajstić information content (AvgIpc) is 3.22. The number of ketones is 1. The summed E-state index contributed by atoms with van der Waals surface area (Å²) in [6.07, 6.45) is -24.7. The molecule has 2 N–H and O–H groups in total. The molecule has 6 aromatic carbocycles. The van der Waals surface area contributed by atoms with E-state index in [0.717, 1.165) is 30.5 Å². The number of benzene rings is 6. The Morgan fingerprint density at radius 3 is 1.27 bits per heavy atom. The number of nitrogen functional groups attached to an aromatic ring is 1. The summed E-state index contributed by atoms with van der Waals surface area (Å²) in [4.78, 5) is 23.8. The van der Waals surface area contributed by atoms with E-state index in [1.807, 2.05) is 36.4 Å². The van der Waals surface area contributed by atoms with Crippen LogP contribution in [0.15, 0.2) is 106 Å². The van der Waals surface area contributed by atoms with Crippen molar-refractivity contribution in [2.75, 3.05) is 5.73 Å². The van der Waals surface area contributed by atoms with Gasteiger partial charge in [-0.05, 0) is 136 Å². The van der Waals surface area contributed by atoms with E-state index in [4.69, 9.17) is 17.3 Å². The summed E-state index contributed by atoms with van der Waals surface area (Å²) in [5, 5.41) is 3.36. The van der Waals surface area contributed by atoms with Crippen LogP contribution in [0.1, 0.15) is 73.5 Å². The molecule has 67 heavy (non-hydrogen) atoms. The molecule has 0 aliphatic rings. The van der Waals surface area contributed by atoms with Gasteiger partial charge in [-0.2, -0.15) is 52.7 Å². The highest BCUT2D eigenvalue weighted by Crippen LogP contribution is 2.55. The van der Waals surface area contributed by atoms with Crippen LogP contribution in [0.4, 0.5) is 67.2 Å². The SMILES string of the molecule is CCc1cc(C(F)(C(F)(F)F)C(F)(F)F)cc(C)c1CC(=O)c1ccc2cc(Br)ccc2c1.CCc1cc(C(F)(C(F)(F)F)C(F)(F)F)cc(C)c1N.O=C(Cl)c1ccc2cc(Br)ccc2c1. The Labute approximate surface area is 395 Å². The number of alkyl halides is 14. The number of nitrogens with two attached hydrogens (primary N) is 1. The predicted octanol–water partition coefficient (Wildman–Crippen LogP) is 16.6. The minimum atomic E-state index is -6.19. The Hall–Kier alpha value is -4.75. The number of carbonyl (C=O) groups is 2. The molecule has 0 aliphatic carbocycles. The summed E-state index contributed by atoms with van der Waals surface area (Å²) in [5.74, 6) is -0.358. The van der Waals surface area contributed by atoms with E-state index in [1.54, 1.807) is 36.4 Å². The van der Waals surface area contributed by atoms with Crippen LogP contribution in [0.5, 0.6) is 0 Å². The largest absolute Gasteiger partial charge is 0.435 e. The maximum absolute atomic E-state index is 14.5. The molecular formula is C47H36Br2ClF14NO2. The average molecular weight is 1110 g/mol. The number of anilines is 1. The Bertz CT molecular complexity index is 2770. The standard InChI is InChI=1S/C24H18BrF7O.C12H12F7N.C11H6BrClO/c1-3-14-10-18(22(26,23(27,28)29)24(30,31)32)8-13(2)20(14)12-21(33)17-5-4-16-11-19(25)7-6-15(16)9-17;1-3-7-5-8(4-6(2)9(7)20)10(13,11(14,15)16)12(17,18)19;12-10-4-3-7-5-9(11(13)14)2-1-8(7)6-10/h4-11H,3,12H2,1-2H3;4-5H,3,20H2,1-2H3;1-6H. The van der Waals surface area contributed by atoms with Gasteiger partial charge >= 0.3 is 36.0 Å². The second-order valence-electron chi connectivity index (χ2n) is 15.1. The van der Waals surface area contributed by atoms with Gasteiger partial charge in [-0.3, -0.25) is 9.59 Å². The van der Waals surface area contributed by atoms with Crippen LogP contribution in [-0.4, -0.2) is 35.7 Å². The highest BCUT2D eigenvalue weighted by atomic mass is 79.9. The number of aryl methyl sites for hydroxylation is 4.